The van der Waals surface area contributed by atoms with Crippen molar-refractivity contribution in [1.29, 1.82) is 0 Å². The van der Waals surface area contributed by atoms with Crippen LogP contribution in [0, 0.1) is 5.82 Å². The van der Waals surface area contributed by atoms with Gasteiger partial charge in [-0.3, -0.25) is 0 Å². The summed E-state index contributed by atoms with van der Waals surface area (Å²) < 4.78 is 14.1. The number of nitrogens with zero attached hydrogens (tertiary/aromatic N) is 2. The second-order valence-electron chi connectivity index (χ2n) is 4.56. The SMILES string of the molecule is CCCNc1nc(-c2c(F)cccc2Cl)nc2sccc12. The van der Waals surface area contributed by atoms with Crippen LogP contribution in [0.3, 0.4) is 0 Å². The number of aromatic nitrogens is 2. The van der Waals surface area contributed by atoms with E-state index in [4.69, 9.17) is 11.6 Å². The van der Waals surface area contributed by atoms with Gasteiger partial charge in [-0.05, 0) is 30.0 Å². The average molecular weight is 322 g/mol. The van der Waals surface area contributed by atoms with Crippen molar-refractivity contribution in [3.8, 4) is 11.4 Å². The molecule has 0 bridgehead atoms. The lowest BCUT2D eigenvalue weighted by atomic mass is 10.2. The molecule has 2 heterocycles. The van der Waals surface area contributed by atoms with Crippen LogP contribution < -0.4 is 5.32 Å². The minimum atomic E-state index is -0.417. The molecule has 0 spiro atoms. The first kappa shape index (κ1) is 14.2. The van der Waals surface area contributed by atoms with Crippen LogP contribution in [0.2, 0.25) is 5.02 Å². The minimum absolute atomic E-state index is 0.244. The Labute approximate surface area is 130 Å². The molecule has 108 valence electrons. The summed E-state index contributed by atoms with van der Waals surface area (Å²) >= 11 is 7.61. The molecule has 6 heteroatoms. The van der Waals surface area contributed by atoms with Gasteiger partial charge in [0.2, 0.25) is 0 Å². The van der Waals surface area contributed by atoms with Crippen molar-refractivity contribution in [3.63, 3.8) is 0 Å². The Morgan fingerprint density at radius 2 is 2.14 bits per heavy atom. The van der Waals surface area contributed by atoms with Crippen molar-refractivity contribution in [2.45, 2.75) is 13.3 Å². The first-order valence-corrected chi connectivity index (χ1v) is 7.90. The van der Waals surface area contributed by atoms with Crippen molar-refractivity contribution < 1.29 is 4.39 Å². The molecule has 0 radical (unpaired) electrons. The van der Waals surface area contributed by atoms with Crippen LogP contribution in [0.4, 0.5) is 10.2 Å². The minimum Gasteiger partial charge on any atom is -0.369 e. The number of nitrogens with one attached hydrogen (secondary N) is 1. The van der Waals surface area contributed by atoms with Crippen molar-refractivity contribution in [2.24, 2.45) is 0 Å². The fourth-order valence-electron chi connectivity index (χ4n) is 2.06. The maximum Gasteiger partial charge on any atom is 0.167 e. The van der Waals surface area contributed by atoms with Gasteiger partial charge in [0.15, 0.2) is 5.82 Å². The standard InChI is InChI=1S/C15H13ClFN3S/c1-2-7-18-13-9-6-8-21-15(9)20-14(19-13)12-10(16)4-3-5-11(12)17/h3-6,8H,2,7H2,1H3,(H,18,19,20). The third-order valence-electron chi connectivity index (χ3n) is 3.05. The first-order chi connectivity index (χ1) is 10.2. The van der Waals surface area contributed by atoms with E-state index in [-0.39, 0.29) is 5.56 Å². The van der Waals surface area contributed by atoms with Crippen LogP contribution in [-0.2, 0) is 0 Å². The monoisotopic (exact) mass is 321 g/mol. The van der Waals surface area contributed by atoms with Crippen molar-refractivity contribution in [2.75, 3.05) is 11.9 Å². The Bertz CT molecular complexity index is 767. The average Bonchev–Trinajstić information content (AvgIpc) is 2.93. The summed E-state index contributed by atoms with van der Waals surface area (Å²) in [6.07, 6.45) is 0.978. The molecule has 0 unspecified atom stereocenters. The van der Waals surface area contributed by atoms with Gasteiger partial charge in [0.1, 0.15) is 16.5 Å². The molecular formula is C15H13ClFN3S. The Hall–Kier alpha value is -1.72. The number of rotatable bonds is 4. The molecule has 0 aliphatic heterocycles. The highest BCUT2D eigenvalue weighted by Crippen LogP contribution is 2.32. The van der Waals surface area contributed by atoms with Crippen LogP contribution in [0.5, 0.6) is 0 Å². The van der Waals surface area contributed by atoms with Crippen molar-refractivity contribution in [3.05, 3.63) is 40.5 Å². The lowest BCUT2D eigenvalue weighted by molar-refractivity contribution is 0.630. The van der Waals surface area contributed by atoms with Crippen LogP contribution in [0.15, 0.2) is 29.6 Å². The molecule has 1 aromatic carbocycles. The molecule has 0 saturated heterocycles. The zero-order valence-electron chi connectivity index (χ0n) is 11.4. The highest BCUT2D eigenvalue weighted by molar-refractivity contribution is 7.16. The first-order valence-electron chi connectivity index (χ1n) is 6.64. The van der Waals surface area contributed by atoms with E-state index in [1.165, 1.54) is 17.4 Å². The number of hydrogen-bond donors (Lipinski definition) is 1. The second kappa shape index (κ2) is 5.95. The Morgan fingerprint density at radius 3 is 2.90 bits per heavy atom. The lowest BCUT2D eigenvalue weighted by Gasteiger charge is -2.09. The number of anilines is 1. The molecule has 0 amide bonds. The lowest BCUT2D eigenvalue weighted by Crippen LogP contribution is -2.04. The molecular weight excluding hydrogens is 309 g/mol. The summed E-state index contributed by atoms with van der Waals surface area (Å²) in [4.78, 5) is 9.72. The molecule has 0 aliphatic rings. The third-order valence-corrected chi connectivity index (χ3v) is 4.18. The van der Waals surface area contributed by atoms with E-state index >= 15 is 0 Å². The summed E-state index contributed by atoms with van der Waals surface area (Å²) in [6.45, 7) is 2.88. The fraction of sp³-hybridized carbons (Fsp3) is 0.200. The van der Waals surface area contributed by atoms with Gasteiger partial charge in [0.05, 0.1) is 16.0 Å². The van der Waals surface area contributed by atoms with Gasteiger partial charge in [-0.2, -0.15) is 0 Å². The quantitative estimate of drug-likeness (QED) is 0.737. The van der Waals surface area contributed by atoms with Crippen LogP contribution in [0.25, 0.3) is 21.6 Å². The van der Waals surface area contributed by atoms with E-state index in [1.807, 2.05) is 11.4 Å². The van der Waals surface area contributed by atoms with Crippen molar-refractivity contribution in [1.82, 2.24) is 9.97 Å². The molecule has 0 atom stereocenters. The maximum absolute atomic E-state index is 14.1. The number of thiophene rings is 1. The molecule has 3 rings (SSSR count). The third kappa shape index (κ3) is 2.71. The smallest absolute Gasteiger partial charge is 0.167 e. The molecule has 21 heavy (non-hydrogen) atoms. The molecule has 1 N–H and O–H groups in total. The normalized spacial score (nSPS) is 11.0. The van der Waals surface area contributed by atoms with Gasteiger partial charge in [-0.15, -0.1) is 11.3 Å². The summed E-state index contributed by atoms with van der Waals surface area (Å²) in [6, 6.07) is 6.54. The van der Waals surface area contributed by atoms with Gasteiger partial charge in [0.25, 0.3) is 0 Å². The van der Waals surface area contributed by atoms with Gasteiger partial charge >= 0.3 is 0 Å². The van der Waals surface area contributed by atoms with E-state index < -0.39 is 5.82 Å². The largest absolute Gasteiger partial charge is 0.369 e. The fourth-order valence-corrected chi connectivity index (χ4v) is 3.07. The topological polar surface area (TPSA) is 37.8 Å². The zero-order chi connectivity index (χ0) is 14.8. The van der Waals surface area contributed by atoms with E-state index in [0.717, 1.165) is 29.0 Å². The van der Waals surface area contributed by atoms with Gasteiger partial charge in [-0.25, -0.2) is 14.4 Å². The van der Waals surface area contributed by atoms with Gasteiger partial charge in [0, 0.05) is 6.54 Å². The summed E-state index contributed by atoms with van der Waals surface area (Å²) in [5, 5.41) is 6.47. The number of halogens is 2. The van der Waals surface area contributed by atoms with E-state index in [0.29, 0.717) is 10.8 Å². The second-order valence-corrected chi connectivity index (χ2v) is 5.86. The van der Waals surface area contributed by atoms with Gasteiger partial charge in [-0.1, -0.05) is 24.6 Å². The zero-order valence-corrected chi connectivity index (χ0v) is 12.9. The Morgan fingerprint density at radius 1 is 1.29 bits per heavy atom. The van der Waals surface area contributed by atoms with Crippen LogP contribution in [0.1, 0.15) is 13.3 Å². The number of hydrogen-bond acceptors (Lipinski definition) is 4. The van der Waals surface area contributed by atoms with Gasteiger partial charge < -0.3 is 5.32 Å². The van der Waals surface area contributed by atoms with E-state index in [9.17, 15) is 4.39 Å². The molecule has 3 nitrogen and oxygen atoms in total. The molecule has 3 aromatic rings. The number of benzene rings is 1. The van der Waals surface area contributed by atoms with Crippen LogP contribution in [-0.4, -0.2) is 16.5 Å². The summed E-state index contributed by atoms with van der Waals surface area (Å²) in [7, 11) is 0. The summed E-state index contributed by atoms with van der Waals surface area (Å²) in [5.41, 5.74) is 0.244. The molecule has 0 aliphatic carbocycles. The van der Waals surface area contributed by atoms with E-state index in [2.05, 4.69) is 22.2 Å². The van der Waals surface area contributed by atoms with E-state index in [1.54, 1.807) is 12.1 Å². The predicted molar refractivity (Wildman–Crippen MR) is 86.6 cm³/mol. The maximum atomic E-state index is 14.1. The Kier molecular flexibility index (Phi) is 4.03. The Balaban J connectivity index is 2.19. The summed E-state index contributed by atoms with van der Waals surface area (Å²) in [5.74, 6) is 0.615. The molecule has 0 saturated carbocycles. The van der Waals surface area contributed by atoms with Crippen molar-refractivity contribution >= 4 is 39.0 Å². The molecule has 2 aromatic heterocycles. The number of fused-ring (bicyclic) bond motifs is 1. The highest BCUT2D eigenvalue weighted by atomic mass is 35.5. The molecule has 0 fully saturated rings. The highest BCUT2D eigenvalue weighted by Gasteiger charge is 2.16. The predicted octanol–water partition coefficient (Wildman–Crippen LogP) is 4.97. The van der Waals surface area contributed by atoms with Crippen LogP contribution >= 0.6 is 22.9 Å².